The number of ether oxygens (including phenoxy) is 1. The first-order valence-electron chi connectivity index (χ1n) is 7.67. The maximum Gasteiger partial charge on any atom is 0.0817 e. The fourth-order valence-electron chi connectivity index (χ4n) is 3.71. The minimum Gasteiger partial charge on any atom is -0.388 e. The fourth-order valence-corrected chi connectivity index (χ4v) is 4.12. The molecule has 1 saturated carbocycles. The van der Waals surface area contributed by atoms with Crippen molar-refractivity contribution in [2.45, 2.75) is 50.5 Å². The Kier molecular flexibility index (Phi) is 5.58. The average molecular weight is 287 g/mol. The Bertz CT molecular complexity index is 273. The molecule has 1 saturated heterocycles. The standard InChI is InChI=1S/C15H29NO2S/c1-16(12-15(17)7-9-18-10-8-15)11-14(13-19)5-3-2-4-6-14/h17,19H,2-13H2,1H3. The second kappa shape index (κ2) is 6.79. The van der Waals surface area contributed by atoms with Crippen molar-refractivity contribution in [1.82, 2.24) is 4.90 Å². The van der Waals surface area contributed by atoms with Gasteiger partial charge in [0.15, 0.2) is 0 Å². The van der Waals surface area contributed by atoms with Crippen molar-refractivity contribution in [1.29, 1.82) is 0 Å². The van der Waals surface area contributed by atoms with Gasteiger partial charge in [0.2, 0.25) is 0 Å². The first-order chi connectivity index (χ1) is 9.08. The summed E-state index contributed by atoms with van der Waals surface area (Å²) in [6, 6.07) is 0. The number of hydrogen-bond acceptors (Lipinski definition) is 4. The maximum absolute atomic E-state index is 10.6. The lowest BCUT2D eigenvalue weighted by atomic mass is 9.75. The van der Waals surface area contributed by atoms with Crippen LogP contribution in [0.5, 0.6) is 0 Å². The Morgan fingerprint density at radius 3 is 2.26 bits per heavy atom. The van der Waals surface area contributed by atoms with E-state index < -0.39 is 5.60 Å². The third-order valence-electron chi connectivity index (χ3n) is 4.84. The molecule has 2 aliphatic rings. The number of thiol groups is 1. The molecule has 2 fully saturated rings. The van der Waals surface area contributed by atoms with E-state index in [0.717, 1.165) is 31.7 Å². The molecule has 4 heteroatoms. The molecule has 0 radical (unpaired) electrons. The highest BCUT2D eigenvalue weighted by Gasteiger charge is 2.35. The summed E-state index contributed by atoms with van der Waals surface area (Å²) in [5.41, 5.74) is -0.170. The van der Waals surface area contributed by atoms with E-state index in [4.69, 9.17) is 4.74 Å². The van der Waals surface area contributed by atoms with Gasteiger partial charge in [-0.1, -0.05) is 19.3 Å². The van der Waals surface area contributed by atoms with Gasteiger partial charge in [0.1, 0.15) is 0 Å². The molecule has 0 unspecified atom stereocenters. The van der Waals surface area contributed by atoms with Crippen LogP contribution in [0.25, 0.3) is 0 Å². The molecular formula is C15H29NO2S. The van der Waals surface area contributed by atoms with E-state index in [0.29, 0.717) is 18.6 Å². The highest BCUT2D eigenvalue weighted by molar-refractivity contribution is 7.80. The predicted octanol–water partition coefficient (Wildman–Crippen LogP) is 2.34. The van der Waals surface area contributed by atoms with Gasteiger partial charge >= 0.3 is 0 Å². The van der Waals surface area contributed by atoms with Gasteiger partial charge < -0.3 is 14.7 Å². The summed E-state index contributed by atoms with van der Waals surface area (Å²) in [4.78, 5) is 2.33. The van der Waals surface area contributed by atoms with Crippen LogP contribution >= 0.6 is 12.6 Å². The third-order valence-corrected chi connectivity index (χ3v) is 5.51. The van der Waals surface area contributed by atoms with E-state index in [2.05, 4.69) is 24.6 Å². The molecule has 0 spiro atoms. The lowest BCUT2D eigenvalue weighted by molar-refractivity contribution is -0.0806. The van der Waals surface area contributed by atoms with E-state index in [1.807, 2.05) is 0 Å². The van der Waals surface area contributed by atoms with Crippen molar-refractivity contribution >= 4 is 12.6 Å². The molecule has 112 valence electrons. The Morgan fingerprint density at radius 1 is 1.05 bits per heavy atom. The lowest BCUT2D eigenvalue weighted by Crippen LogP contribution is -2.49. The average Bonchev–Trinajstić information content (AvgIpc) is 2.39. The quantitative estimate of drug-likeness (QED) is 0.761. The first kappa shape index (κ1) is 15.6. The van der Waals surface area contributed by atoms with Crippen LogP contribution in [0.15, 0.2) is 0 Å². The van der Waals surface area contributed by atoms with E-state index in [1.54, 1.807) is 0 Å². The molecule has 0 bridgehead atoms. The van der Waals surface area contributed by atoms with E-state index in [-0.39, 0.29) is 0 Å². The summed E-state index contributed by atoms with van der Waals surface area (Å²) < 4.78 is 5.35. The summed E-state index contributed by atoms with van der Waals surface area (Å²) in [6.07, 6.45) is 8.18. The smallest absolute Gasteiger partial charge is 0.0817 e. The Balaban J connectivity index is 1.86. The van der Waals surface area contributed by atoms with Crippen LogP contribution in [-0.2, 0) is 4.74 Å². The molecular weight excluding hydrogens is 258 g/mol. The van der Waals surface area contributed by atoms with Crippen LogP contribution in [0.2, 0.25) is 0 Å². The molecule has 0 aromatic carbocycles. The van der Waals surface area contributed by atoms with Gasteiger partial charge in [-0.15, -0.1) is 0 Å². The summed E-state index contributed by atoms with van der Waals surface area (Å²) in [7, 11) is 2.15. The second-order valence-electron chi connectivity index (χ2n) is 6.73. The molecule has 1 N–H and O–H groups in total. The maximum atomic E-state index is 10.6. The summed E-state index contributed by atoms with van der Waals surface area (Å²) in [5, 5.41) is 10.6. The third kappa shape index (κ3) is 4.35. The largest absolute Gasteiger partial charge is 0.388 e. The van der Waals surface area contributed by atoms with Crippen molar-refractivity contribution in [3.8, 4) is 0 Å². The number of rotatable bonds is 5. The van der Waals surface area contributed by atoms with Crippen LogP contribution in [-0.4, -0.2) is 54.7 Å². The van der Waals surface area contributed by atoms with Gasteiger partial charge in [0.05, 0.1) is 5.60 Å². The summed E-state index contributed by atoms with van der Waals surface area (Å²) in [5.74, 6) is 0.971. The van der Waals surface area contributed by atoms with Gasteiger partial charge in [-0.05, 0) is 31.1 Å². The lowest BCUT2D eigenvalue weighted by Gasteiger charge is -2.42. The summed E-state index contributed by atoms with van der Waals surface area (Å²) >= 11 is 4.60. The van der Waals surface area contributed by atoms with Gasteiger partial charge in [0.25, 0.3) is 0 Å². The zero-order valence-electron chi connectivity index (χ0n) is 12.2. The Morgan fingerprint density at radius 2 is 1.68 bits per heavy atom. The second-order valence-corrected chi connectivity index (χ2v) is 7.04. The number of aliphatic hydroxyl groups is 1. The van der Waals surface area contributed by atoms with Crippen LogP contribution < -0.4 is 0 Å². The van der Waals surface area contributed by atoms with E-state index in [1.165, 1.54) is 32.1 Å². The van der Waals surface area contributed by atoms with E-state index >= 15 is 0 Å². The van der Waals surface area contributed by atoms with E-state index in [9.17, 15) is 5.11 Å². The van der Waals surface area contributed by atoms with Crippen molar-refractivity contribution in [3.05, 3.63) is 0 Å². The van der Waals surface area contributed by atoms with Gasteiger partial charge in [0, 0.05) is 39.1 Å². The molecule has 0 aromatic rings. The van der Waals surface area contributed by atoms with Crippen LogP contribution in [0, 0.1) is 5.41 Å². The number of nitrogens with zero attached hydrogens (tertiary/aromatic N) is 1. The molecule has 0 atom stereocenters. The van der Waals surface area contributed by atoms with Gasteiger partial charge in [-0.3, -0.25) is 0 Å². The molecule has 0 amide bonds. The van der Waals surface area contributed by atoms with Crippen molar-refractivity contribution < 1.29 is 9.84 Å². The fraction of sp³-hybridized carbons (Fsp3) is 1.00. The number of hydrogen-bond donors (Lipinski definition) is 2. The summed E-state index contributed by atoms with van der Waals surface area (Å²) in [6.45, 7) is 3.23. The van der Waals surface area contributed by atoms with Crippen LogP contribution in [0.4, 0.5) is 0 Å². The zero-order valence-corrected chi connectivity index (χ0v) is 13.1. The SMILES string of the molecule is CN(CC1(O)CCOCC1)CC1(CS)CCCCC1. The van der Waals surface area contributed by atoms with Crippen molar-refractivity contribution in [2.24, 2.45) is 5.41 Å². The minimum absolute atomic E-state index is 0.373. The highest BCUT2D eigenvalue weighted by atomic mass is 32.1. The normalized spacial score (nSPS) is 26.5. The number of likely N-dealkylation sites (N-methyl/N-ethyl adjacent to an activating group) is 1. The van der Waals surface area contributed by atoms with Crippen molar-refractivity contribution in [2.75, 3.05) is 39.1 Å². The zero-order chi connectivity index (χ0) is 13.8. The molecule has 1 heterocycles. The first-order valence-corrected chi connectivity index (χ1v) is 8.30. The predicted molar refractivity (Wildman–Crippen MR) is 81.9 cm³/mol. The molecule has 1 aliphatic heterocycles. The molecule has 19 heavy (non-hydrogen) atoms. The Labute approximate surface area is 123 Å². The monoisotopic (exact) mass is 287 g/mol. The van der Waals surface area contributed by atoms with Crippen LogP contribution in [0.1, 0.15) is 44.9 Å². The Hall–Kier alpha value is 0.230. The van der Waals surface area contributed by atoms with Crippen LogP contribution in [0.3, 0.4) is 0 Å². The topological polar surface area (TPSA) is 32.7 Å². The van der Waals surface area contributed by atoms with Gasteiger partial charge in [-0.25, -0.2) is 0 Å². The molecule has 2 rings (SSSR count). The van der Waals surface area contributed by atoms with Gasteiger partial charge in [-0.2, -0.15) is 12.6 Å². The molecule has 1 aliphatic carbocycles. The molecule has 0 aromatic heterocycles. The molecule has 3 nitrogen and oxygen atoms in total. The van der Waals surface area contributed by atoms with Crippen molar-refractivity contribution in [3.63, 3.8) is 0 Å². The minimum atomic E-state index is -0.542. The highest BCUT2D eigenvalue weighted by Crippen LogP contribution is 2.38.